The Kier molecular flexibility index (Phi) is 3.24. The largest absolute Gasteiger partial charge is 0.367 e. The average Bonchev–Trinajstić information content (AvgIpc) is 2.72. The van der Waals surface area contributed by atoms with Gasteiger partial charge in [0.2, 0.25) is 0 Å². The molecule has 92 valence electrons. The van der Waals surface area contributed by atoms with Crippen LogP contribution in [0.15, 0.2) is 12.1 Å². The SMILES string of the molecule is Cc1ccc(C(=O)C2CCC(C)O2)c(F)c1F. The van der Waals surface area contributed by atoms with E-state index in [1.54, 1.807) is 0 Å². The third kappa shape index (κ3) is 2.22. The van der Waals surface area contributed by atoms with Crippen LogP contribution in [0.3, 0.4) is 0 Å². The number of hydrogen-bond donors (Lipinski definition) is 0. The van der Waals surface area contributed by atoms with Gasteiger partial charge in [-0.15, -0.1) is 0 Å². The van der Waals surface area contributed by atoms with Gasteiger partial charge in [-0.25, -0.2) is 8.78 Å². The molecule has 17 heavy (non-hydrogen) atoms. The minimum Gasteiger partial charge on any atom is -0.367 e. The maximum absolute atomic E-state index is 13.6. The highest BCUT2D eigenvalue weighted by Gasteiger charge is 2.31. The van der Waals surface area contributed by atoms with Gasteiger partial charge < -0.3 is 4.74 Å². The Labute approximate surface area is 98.6 Å². The van der Waals surface area contributed by atoms with Crippen LogP contribution >= 0.6 is 0 Å². The summed E-state index contributed by atoms with van der Waals surface area (Å²) in [5.41, 5.74) is -0.0213. The molecular formula is C13H14F2O2. The molecule has 0 amide bonds. The number of rotatable bonds is 2. The molecule has 2 unspecified atom stereocenters. The van der Waals surface area contributed by atoms with Gasteiger partial charge in [0.05, 0.1) is 11.7 Å². The van der Waals surface area contributed by atoms with Crippen molar-refractivity contribution in [2.45, 2.75) is 38.9 Å². The van der Waals surface area contributed by atoms with Crippen molar-refractivity contribution in [2.24, 2.45) is 0 Å². The summed E-state index contributed by atoms with van der Waals surface area (Å²) >= 11 is 0. The molecule has 2 atom stereocenters. The molecule has 1 heterocycles. The van der Waals surface area contributed by atoms with Gasteiger partial charge in [-0.05, 0) is 38.3 Å². The van der Waals surface area contributed by atoms with Crippen LogP contribution in [0.4, 0.5) is 8.78 Å². The fourth-order valence-electron chi connectivity index (χ4n) is 2.01. The third-order valence-electron chi connectivity index (χ3n) is 3.07. The molecule has 0 aliphatic carbocycles. The van der Waals surface area contributed by atoms with Gasteiger partial charge in [0.25, 0.3) is 0 Å². The smallest absolute Gasteiger partial charge is 0.194 e. The van der Waals surface area contributed by atoms with Crippen LogP contribution in [0.1, 0.15) is 35.7 Å². The van der Waals surface area contributed by atoms with E-state index in [9.17, 15) is 13.6 Å². The molecule has 4 heteroatoms. The van der Waals surface area contributed by atoms with Crippen molar-refractivity contribution in [1.82, 2.24) is 0 Å². The van der Waals surface area contributed by atoms with Crippen molar-refractivity contribution in [3.05, 3.63) is 34.9 Å². The van der Waals surface area contributed by atoms with Crippen LogP contribution in [-0.2, 0) is 4.74 Å². The first-order valence-electron chi connectivity index (χ1n) is 5.65. The van der Waals surface area contributed by atoms with Crippen LogP contribution in [0.25, 0.3) is 0 Å². The number of hydrogen-bond acceptors (Lipinski definition) is 2. The van der Waals surface area contributed by atoms with Crippen LogP contribution < -0.4 is 0 Å². The van der Waals surface area contributed by atoms with Crippen molar-refractivity contribution in [1.29, 1.82) is 0 Å². The number of carbonyl (C=O) groups excluding carboxylic acids is 1. The zero-order chi connectivity index (χ0) is 12.6. The molecule has 0 aromatic heterocycles. The normalized spacial score (nSPS) is 24.0. The maximum atomic E-state index is 13.6. The van der Waals surface area contributed by atoms with Crippen molar-refractivity contribution in [2.75, 3.05) is 0 Å². The summed E-state index contributed by atoms with van der Waals surface area (Å²) in [6.07, 6.45) is 0.699. The number of Topliss-reactive ketones (excluding diaryl/α,β-unsaturated/α-hetero) is 1. The van der Waals surface area contributed by atoms with Crippen LogP contribution in [0, 0.1) is 18.6 Å². The van der Waals surface area contributed by atoms with Crippen LogP contribution in [0.2, 0.25) is 0 Å². The van der Waals surface area contributed by atoms with Crippen molar-refractivity contribution < 1.29 is 18.3 Å². The molecule has 0 N–H and O–H groups in total. The van der Waals surface area contributed by atoms with E-state index in [1.165, 1.54) is 19.1 Å². The van der Waals surface area contributed by atoms with E-state index >= 15 is 0 Å². The van der Waals surface area contributed by atoms with Gasteiger partial charge in [-0.3, -0.25) is 4.79 Å². The fourth-order valence-corrected chi connectivity index (χ4v) is 2.01. The Balaban J connectivity index is 2.29. The van der Waals surface area contributed by atoms with E-state index in [2.05, 4.69) is 0 Å². The van der Waals surface area contributed by atoms with E-state index in [0.717, 1.165) is 6.42 Å². The first kappa shape index (κ1) is 12.2. The van der Waals surface area contributed by atoms with Gasteiger partial charge >= 0.3 is 0 Å². The quantitative estimate of drug-likeness (QED) is 0.743. The van der Waals surface area contributed by atoms with E-state index < -0.39 is 23.5 Å². The molecule has 1 fully saturated rings. The zero-order valence-corrected chi connectivity index (χ0v) is 9.80. The second kappa shape index (κ2) is 4.53. The standard InChI is InChI=1S/C13H14F2O2/c1-7-3-5-9(12(15)11(7)14)13(16)10-6-4-8(2)17-10/h3,5,8,10H,4,6H2,1-2H3. The lowest BCUT2D eigenvalue weighted by Gasteiger charge is -2.11. The molecule has 2 nitrogen and oxygen atoms in total. The lowest BCUT2D eigenvalue weighted by Crippen LogP contribution is -2.22. The molecule has 0 bridgehead atoms. The minimum absolute atomic E-state index is 0.00214. The second-order valence-electron chi connectivity index (χ2n) is 4.43. The summed E-state index contributed by atoms with van der Waals surface area (Å²) in [5.74, 6) is -2.49. The Morgan fingerprint density at radius 3 is 2.59 bits per heavy atom. The lowest BCUT2D eigenvalue weighted by atomic mass is 10.0. The Morgan fingerprint density at radius 1 is 1.29 bits per heavy atom. The average molecular weight is 240 g/mol. The highest BCUT2D eigenvalue weighted by molar-refractivity contribution is 5.99. The first-order chi connectivity index (χ1) is 8.00. The molecule has 1 aliphatic rings. The Hall–Kier alpha value is -1.29. The number of benzene rings is 1. The van der Waals surface area contributed by atoms with Crippen molar-refractivity contribution in [3.8, 4) is 0 Å². The molecule has 0 saturated carbocycles. The predicted molar refractivity (Wildman–Crippen MR) is 59.0 cm³/mol. The number of aryl methyl sites for hydroxylation is 1. The lowest BCUT2D eigenvalue weighted by molar-refractivity contribution is 0.0429. The summed E-state index contributed by atoms with van der Waals surface area (Å²) in [4.78, 5) is 11.9. The van der Waals surface area contributed by atoms with Crippen LogP contribution in [0.5, 0.6) is 0 Å². The van der Waals surface area contributed by atoms with E-state index in [1.807, 2.05) is 6.92 Å². The second-order valence-corrected chi connectivity index (χ2v) is 4.43. The third-order valence-corrected chi connectivity index (χ3v) is 3.07. The summed E-state index contributed by atoms with van der Waals surface area (Å²) < 4.78 is 32.3. The zero-order valence-electron chi connectivity index (χ0n) is 9.80. The molecule has 1 aromatic carbocycles. The van der Waals surface area contributed by atoms with Gasteiger partial charge in [-0.2, -0.15) is 0 Å². The first-order valence-corrected chi connectivity index (χ1v) is 5.65. The van der Waals surface area contributed by atoms with Crippen molar-refractivity contribution >= 4 is 5.78 Å². The monoisotopic (exact) mass is 240 g/mol. The predicted octanol–water partition coefficient (Wildman–Crippen LogP) is 3.02. The molecule has 1 saturated heterocycles. The van der Waals surface area contributed by atoms with Crippen LogP contribution in [-0.4, -0.2) is 18.0 Å². The number of carbonyl (C=O) groups is 1. The highest BCUT2D eigenvalue weighted by atomic mass is 19.2. The molecule has 0 radical (unpaired) electrons. The fraction of sp³-hybridized carbons (Fsp3) is 0.462. The number of ketones is 1. The molecule has 0 spiro atoms. The molecular weight excluding hydrogens is 226 g/mol. The Bertz CT molecular complexity index is 457. The summed E-state index contributed by atoms with van der Waals surface area (Å²) in [7, 11) is 0. The number of halogens is 2. The summed E-state index contributed by atoms with van der Waals surface area (Å²) in [6.45, 7) is 3.32. The summed E-state index contributed by atoms with van der Waals surface area (Å²) in [6, 6.07) is 2.73. The minimum atomic E-state index is -1.07. The molecule has 1 aromatic rings. The maximum Gasteiger partial charge on any atom is 0.194 e. The van der Waals surface area contributed by atoms with E-state index in [4.69, 9.17) is 4.74 Å². The number of ether oxygens (including phenoxy) is 1. The van der Waals surface area contributed by atoms with Gasteiger partial charge in [-0.1, -0.05) is 6.07 Å². The topological polar surface area (TPSA) is 26.3 Å². The van der Waals surface area contributed by atoms with Gasteiger partial charge in [0, 0.05) is 0 Å². The van der Waals surface area contributed by atoms with Gasteiger partial charge in [0.1, 0.15) is 6.10 Å². The van der Waals surface area contributed by atoms with Crippen molar-refractivity contribution in [3.63, 3.8) is 0 Å². The van der Waals surface area contributed by atoms with E-state index in [0.29, 0.717) is 6.42 Å². The summed E-state index contributed by atoms with van der Waals surface area (Å²) in [5, 5.41) is 0. The Morgan fingerprint density at radius 2 is 2.00 bits per heavy atom. The van der Waals surface area contributed by atoms with Gasteiger partial charge in [0.15, 0.2) is 17.4 Å². The molecule has 2 rings (SSSR count). The molecule has 1 aliphatic heterocycles. The highest BCUT2D eigenvalue weighted by Crippen LogP contribution is 2.25. The van der Waals surface area contributed by atoms with E-state index in [-0.39, 0.29) is 17.2 Å².